The summed E-state index contributed by atoms with van der Waals surface area (Å²) in [5.74, 6) is -0.0530. The first-order chi connectivity index (χ1) is 10.8. The molecule has 7 nitrogen and oxygen atoms in total. The van der Waals surface area contributed by atoms with Gasteiger partial charge in [-0.3, -0.25) is 9.36 Å². The summed E-state index contributed by atoms with van der Waals surface area (Å²) in [6.45, 7) is 1.28. The molecule has 0 aliphatic heterocycles. The third-order valence-corrected chi connectivity index (χ3v) is 3.33. The van der Waals surface area contributed by atoms with Gasteiger partial charge in [-0.25, -0.2) is 9.78 Å². The average Bonchev–Trinajstić information content (AvgIpc) is 2.95. The van der Waals surface area contributed by atoms with E-state index >= 15 is 0 Å². The zero-order valence-electron chi connectivity index (χ0n) is 13.6. The summed E-state index contributed by atoms with van der Waals surface area (Å²) < 4.78 is 26.1. The van der Waals surface area contributed by atoms with Crippen LogP contribution in [0, 0.1) is 0 Å². The van der Waals surface area contributed by atoms with Gasteiger partial charge in [0.1, 0.15) is 5.82 Å². The summed E-state index contributed by atoms with van der Waals surface area (Å²) in [6.07, 6.45) is 3.41. The van der Waals surface area contributed by atoms with E-state index in [9.17, 15) is 18.4 Å². The van der Waals surface area contributed by atoms with Crippen molar-refractivity contribution in [3.8, 4) is 0 Å². The third kappa shape index (κ3) is 6.21. The molecule has 1 heterocycles. The van der Waals surface area contributed by atoms with E-state index in [1.54, 1.807) is 0 Å². The quantitative estimate of drug-likeness (QED) is 0.761. The molecule has 130 valence electrons. The number of carbonyl (C=O) groups excluding carboxylic acids is 2. The minimum Gasteiger partial charge on any atom is -0.354 e. The fraction of sp³-hybridized carbons (Fsp3) is 0.643. The lowest BCUT2D eigenvalue weighted by molar-refractivity contribution is -0.121. The Balaban J connectivity index is 2.37. The van der Waals surface area contributed by atoms with Gasteiger partial charge < -0.3 is 15.5 Å². The Bertz CT molecular complexity index is 521. The van der Waals surface area contributed by atoms with E-state index in [4.69, 9.17) is 0 Å². The van der Waals surface area contributed by atoms with E-state index in [0.717, 1.165) is 12.6 Å². The van der Waals surface area contributed by atoms with Crippen LogP contribution in [0.1, 0.15) is 39.1 Å². The predicted octanol–water partition coefficient (Wildman–Crippen LogP) is 1.72. The monoisotopic (exact) mass is 331 g/mol. The van der Waals surface area contributed by atoms with Crippen molar-refractivity contribution >= 4 is 11.9 Å². The first kappa shape index (κ1) is 18.9. The van der Waals surface area contributed by atoms with Crippen molar-refractivity contribution in [2.75, 3.05) is 13.6 Å². The second-order valence-corrected chi connectivity index (χ2v) is 5.24. The lowest BCUT2D eigenvalue weighted by Crippen LogP contribution is -2.40. The van der Waals surface area contributed by atoms with Gasteiger partial charge in [0.15, 0.2) is 0 Å². The number of amides is 3. The van der Waals surface area contributed by atoms with Crippen LogP contribution in [0.3, 0.4) is 0 Å². The van der Waals surface area contributed by atoms with Crippen LogP contribution in [0.15, 0.2) is 12.4 Å². The Hall–Kier alpha value is -2.19. The third-order valence-electron chi connectivity index (χ3n) is 3.33. The van der Waals surface area contributed by atoms with E-state index < -0.39 is 12.6 Å². The number of rotatable bonds is 8. The molecule has 0 saturated carbocycles. The van der Waals surface area contributed by atoms with Crippen molar-refractivity contribution in [1.82, 2.24) is 25.1 Å². The second kappa shape index (κ2) is 9.06. The Morgan fingerprint density at radius 1 is 1.43 bits per heavy atom. The smallest absolute Gasteiger partial charge is 0.319 e. The molecule has 23 heavy (non-hydrogen) atoms. The van der Waals surface area contributed by atoms with Gasteiger partial charge in [-0.1, -0.05) is 6.92 Å². The molecular formula is C14H23F2N5O2. The molecule has 0 aromatic carbocycles. The van der Waals surface area contributed by atoms with E-state index in [-0.39, 0.29) is 37.3 Å². The Labute approximate surface area is 134 Å². The number of urea groups is 1. The average molecular weight is 331 g/mol. The molecule has 1 aromatic heterocycles. The summed E-state index contributed by atoms with van der Waals surface area (Å²) in [6, 6.07) is -0.362. The topological polar surface area (TPSA) is 79.3 Å². The normalized spacial score (nSPS) is 12.1. The van der Waals surface area contributed by atoms with Crippen molar-refractivity contribution in [1.29, 1.82) is 0 Å². The highest BCUT2D eigenvalue weighted by Gasteiger charge is 2.16. The van der Waals surface area contributed by atoms with E-state index in [2.05, 4.69) is 15.6 Å². The lowest BCUT2D eigenvalue weighted by Gasteiger charge is -2.18. The molecule has 1 aromatic rings. The molecular weight excluding hydrogens is 308 g/mol. The van der Waals surface area contributed by atoms with Crippen LogP contribution < -0.4 is 10.6 Å². The van der Waals surface area contributed by atoms with Gasteiger partial charge in [-0.15, -0.1) is 0 Å². The molecule has 2 N–H and O–H groups in total. The number of hydrogen-bond donors (Lipinski definition) is 2. The molecule has 1 rings (SSSR count). The number of nitrogens with one attached hydrogen (secondary N) is 2. The van der Waals surface area contributed by atoms with Crippen LogP contribution in [0.2, 0.25) is 0 Å². The summed E-state index contributed by atoms with van der Waals surface area (Å²) >= 11 is 0. The van der Waals surface area contributed by atoms with Crippen LogP contribution in [-0.4, -0.2) is 46.0 Å². The highest BCUT2D eigenvalue weighted by Crippen LogP contribution is 2.13. The maximum atomic E-state index is 12.7. The Kier molecular flexibility index (Phi) is 7.43. The SMILES string of the molecule is CC[C@H](C)NC(=O)CCNC(=O)N(C)Cc1nccn1C(F)F. The molecule has 0 unspecified atom stereocenters. The number of imidazole rings is 1. The van der Waals surface area contributed by atoms with Crippen LogP contribution in [0.25, 0.3) is 0 Å². The Morgan fingerprint density at radius 2 is 2.13 bits per heavy atom. The summed E-state index contributed by atoms with van der Waals surface area (Å²) in [5, 5.41) is 5.36. The van der Waals surface area contributed by atoms with Gasteiger partial charge >= 0.3 is 12.6 Å². The Morgan fingerprint density at radius 3 is 2.74 bits per heavy atom. The highest BCUT2D eigenvalue weighted by molar-refractivity contribution is 5.78. The molecule has 1 atom stereocenters. The number of nitrogens with zero attached hydrogens (tertiary/aromatic N) is 3. The number of hydrogen-bond acceptors (Lipinski definition) is 3. The first-order valence-corrected chi connectivity index (χ1v) is 7.43. The van der Waals surface area contributed by atoms with Crippen molar-refractivity contribution in [3.63, 3.8) is 0 Å². The summed E-state index contributed by atoms with van der Waals surface area (Å²) in [5.41, 5.74) is 0. The predicted molar refractivity (Wildman–Crippen MR) is 80.9 cm³/mol. The maximum Gasteiger partial charge on any atom is 0.319 e. The molecule has 0 aliphatic rings. The van der Waals surface area contributed by atoms with E-state index in [1.165, 1.54) is 18.1 Å². The fourth-order valence-corrected chi connectivity index (χ4v) is 1.79. The summed E-state index contributed by atoms with van der Waals surface area (Å²) in [7, 11) is 1.47. The molecule has 3 amide bonds. The van der Waals surface area contributed by atoms with E-state index in [0.29, 0.717) is 4.57 Å². The minimum absolute atomic E-state index is 0.0533. The van der Waals surface area contributed by atoms with Crippen molar-refractivity contribution < 1.29 is 18.4 Å². The number of halogens is 2. The highest BCUT2D eigenvalue weighted by atomic mass is 19.3. The summed E-state index contributed by atoms with van der Waals surface area (Å²) in [4.78, 5) is 28.5. The van der Waals surface area contributed by atoms with Gasteiger partial charge in [0, 0.05) is 38.4 Å². The van der Waals surface area contributed by atoms with Crippen molar-refractivity contribution in [2.45, 2.75) is 45.8 Å². The largest absolute Gasteiger partial charge is 0.354 e. The fourth-order valence-electron chi connectivity index (χ4n) is 1.79. The molecule has 9 heteroatoms. The maximum absolute atomic E-state index is 12.7. The minimum atomic E-state index is -2.70. The lowest BCUT2D eigenvalue weighted by atomic mass is 10.2. The number of carbonyl (C=O) groups is 2. The van der Waals surface area contributed by atoms with Crippen LogP contribution >= 0.6 is 0 Å². The van der Waals surface area contributed by atoms with Crippen LogP contribution in [0.4, 0.5) is 13.6 Å². The molecule has 0 bridgehead atoms. The molecule has 0 saturated heterocycles. The van der Waals surface area contributed by atoms with Crippen LogP contribution in [0.5, 0.6) is 0 Å². The van der Waals surface area contributed by atoms with Gasteiger partial charge in [0.25, 0.3) is 0 Å². The standard InChI is InChI=1S/C14H23F2N5O2/c1-4-10(2)19-12(22)5-6-18-14(23)20(3)9-11-17-7-8-21(11)13(15)16/h7-8,10,13H,4-6,9H2,1-3H3,(H,18,23)(H,19,22)/t10-/m0/s1. The van der Waals surface area contributed by atoms with Gasteiger partial charge in [0.05, 0.1) is 6.54 Å². The van der Waals surface area contributed by atoms with Gasteiger partial charge in [-0.2, -0.15) is 8.78 Å². The van der Waals surface area contributed by atoms with Crippen molar-refractivity contribution in [2.24, 2.45) is 0 Å². The number of alkyl halides is 2. The molecule has 0 radical (unpaired) electrons. The van der Waals surface area contributed by atoms with Crippen LogP contribution in [-0.2, 0) is 11.3 Å². The van der Waals surface area contributed by atoms with E-state index in [1.807, 2.05) is 13.8 Å². The molecule has 0 spiro atoms. The first-order valence-electron chi connectivity index (χ1n) is 7.43. The molecule has 0 aliphatic carbocycles. The van der Waals surface area contributed by atoms with Gasteiger partial charge in [0.2, 0.25) is 5.91 Å². The zero-order chi connectivity index (χ0) is 17.4. The second-order valence-electron chi connectivity index (χ2n) is 5.24. The molecule has 0 fully saturated rings. The van der Waals surface area contributed by atoms with Crippen molar-refractivity contribution in [3.05, 3.63) is 18.2 Å². The zero-order valence-corrected chi connectivity index (χ0v) is 13.6. The van der Waals surface area contributed by atoms with Gasteiger partial charge in [-0.05, 0) is 13.3 Å². The number of aromatic nitrogens is 2.